The molecule has 1 aliphatic heterocycles. The molecule has 0 spiro atoms. The second-order valence-electron chi connectivity index (χ2n) is 8.74. The molecule has 1 N–H and O–H groups in total. The number of hydrogen-bond acceptors (Lipinski definition) is 5. The van der Waals surface area contributed by atoms with Crippen molar-refractivity contribution in [3.05, 3.63) is 101 Å². The number of aryl methyl sites for hydroxylation is 1. The van der Waals surface area contributed by atoms with E-state index in [9.17, 15) is 14.3 Å². The molecule has 0 unspecified atom stereocenters. The van der Waals surface area contributed by atoms with Crippen molar-refractivity contribution >= 4 is 22.6 Å². The summed E-state index contributed by atoms with van der Waals surface area (Å²) in [6.07, 6.45) is 2.19. The SMILES string of the molecule is Cn1c(CN2CC=C(c3cccc(COc4ccc(C#N)cc4F)c3)C2)nc2ccc(C(=O)O)cc21. The van der Waals surface area contributed by atoms with Crippen LogP contribution in [0.1, 0.15) is 32.9 Å². The molecule has 1 aliphatic rings. The lowest BCUT2D eigenvalue weighted by Gasteiger charge is -2.16. The van der Waals surface area contributed by atoms with Gasteiger partial charge in [0.25, 0.3) is 0 Å². The van der Waals surface area contributed by atoms with Crippen LogP contribution >= 0.6 is 0 Å². The van der Waals surface area contributed by atoms with Crippen molar-refractivity contribution < 1.29 is 19.0 Å². The maximum absolute atomic E-state index is 14.1. The van der Waals surface area contributed by atoms with Gasteiger partial charge in [-0.15, -0.1) is 0 Å². The standard InChI is InChI=1S/C28H23FN4O3/c1-32-25-13-21(28(34)35)6-7-24(25)31-27(32)16-33-10-9-22(15-33)20-4-2-3-19(11-20)17-36-26-8-5-18(14-30)12-23(26)29/h2-9,11-13H,10,15-17H2,1H3,(H,34,35). The van der Waals surface area contributed by atoms with Crippen LogP contribution in [0.4, 0.5) is 4.39 Å². The van der Waals surface area contributed by atoms with Crippen molar-refractivity contribution in [3.63, 3.8) is 0 Å². The van der Waals surface area contributed by atoms with E-state index in [2.05, 4.69) is 11.0 Å². The van der Waals surface area contributed by atoms with Gasteiger partial charge in [-0.2, -0.15) is 5.26 Å². The van der Waals surface area contributed by atoms with Crippen molar-refractivity contribution in [2.75, 3.05) is 13.1 Å². The van der Waals surface area contributed by atoms with E-state index < -0.39 is 11.8 Å². The number of nitrogens with zero attached hydrogens (tertiary/aromatic N) is 4. The second kappa shape index (κ2) is 9.64. The summed E-state index contributed by atoms with van der Waals surface area (Å²) < 4.78 is 21.7. The molecule has 8 heteroatoms. The highest BCUT2D eigenvalue weighted by Crippen LogP contribution is 2.25. The monoisotopic (exact) mass is 482 g/mol. The molecular formula is C28H23FN4O3. The van der Waals surface area contributed by atoms with E-state index in [-0.39, 0.29) is 23.5 Å². The zero-order valence-electron chi connectivity index (χ0n) is 19.6. The molecule has 0 saturated carbocycles. The quantitative estimate of drug-likeness (QED) is 0.408. The van der Waals surface area contributed by atoms with Crippen LogP contribution < -0.4 is 4.74 Å². The molecule has 0 saturated heterocycles. The molecule has 0 aliphatic carbocycles. The summed E-state index contributed by atoms with van der Waals surface area (Å²) in [7, 11) is 1.90. The van der Waals surface area contributed by atoms with Crippen LogP contribution in [0.5, 0.6) is 5.75 Å². The molecule has 3 aromatic carbocycles. The average molecular weight is 483 g/mol. The largest absolute Gasteiger partial charge is 0.486 e. The summed E-state index contributed by atoms with van der Waals surface area (Å²) in [6, 6.07) is 19.0. The Labute approximate surface area is 207 Å². The zero-order valence-corrected chi connectivity index (χ0v) is 19.6. The molecule has 1 aromatic heterocycles. The van der Waals surface area contributed by atoms with Crippen LogP contribution in [0.2, 0.25) is 0 Å². The van der Waals surface area contributed by atoms with Crippen molar-refractivity contribution in [1.29, 1.82) is 5.26 Å². The third-order valence-corrected chi connectivity index (χ3v) is 6.33. The van der Waals surface area contributed by atoms with Crippen molar-refractivity contribution in [1.82, 2.24) is 14.5 Å². The molecule has 0 atom stereocenters. The second-order valence-corrected chi connectivity index (χ2v) is 8.74. The smallest absolute Gasteiger partial charge is 0.335 e. The van der Waals surface area contributed by atoms with Gasteiger partial charge in [-0.1, -0.05) is 24.3 Å². The number of aromatic nitrogens is 2. The van der Waals surface area contributed by atoms with Gasteiger partial charge in [0.05, 0.1) is 34.8 Å². The number of carbonyl (C=O) groups is 1. The number of rotatable bonds is 7. The van der Waals surface area contributed by atoms with Gasteiger partial charge in [-0.3, -0.25) is 4.90 Å². The van der Waals surface area contributed by atoms with Gasteiger partial charge in [-0.05, 0) is 59.2 Å². The van der Waals surface area contributed by atoms with Crippen molar-refractivity contribution in [3.8, 4) is 11.8 Å². The summed E-state index contributed by atoms with van der Waals surface area (Å²) in [4.78, 5) is 18.3. The molecule has 2 heterocycles. The minimum atomic E-state index is -0.956. The fourth-order valence-electron chi connectivity index (χ4n) is 4.36. The normalized spacial score (nSPS) is 13.5. The predicted octanol–water partition coefficient (Wildman–Crippen LogP) is 4.76. The molecule has 4 aromatic rings. The highest BCUT2D eigenvalue weighted by Gasteiger charge is 2.19. The number of nitriles is 1. The van der Waals surface area contributed by atoms with Crippen LogP contribution in [0, 0.1) is 17.1 Å². The maximum atomic E-state index is 14.1. The summed E-state index contributed by atoms with van der Waals surface area (Å²) in [5.74, 6) is -0.527. The predicted molar refractivity (Wildman–Crippen MR) is 133 cm³/mol. The number of carboxylic acids is 1. The Bertz CT molecular complexity index is 1550. The lowest BCUT2D eigenvalue weighted by Crippen LogP contribution is -2.22. The topological polar surface area (TPSA) is 91.4 Å². The minimum Gasteiger partial charge on any atom is -0.486 e. The molecule has 36 heavy (non-hydrogen) atoms. The summed E-state index contributed by atoms with van der Waals surface area (Å²) in [5, 5.41) is 18.2. The van der Waals surface area contributed by atoms with E-state index in [0.717, 1.165) is 41.1 Å². The van der Waals surface area contributed by atoms with E-state index in [1.807, 2.05) is 41.9 Å². The summed E-state index contributed by atoms with van der Waals surface area (Å²) >= 11 is 0. The van der Waals surface area contributed by atoms with E-state index in [4.69, 9.17) is 15.0 Å². The van der Waals surface area contributed by atoms with E-state index >= 15 is 0 Å². The third kappa shape index (κ3) is 4.69. The van der Waals surface area contributed by atoms with Gasteiger partial charge in [0.2, 0.25) is 0 Å². The first-order valence-corrected chi connectivity index (χ1v) is 11.4. The highest BCUT2D eigenvalue weighted by molar-refractivity contribution is 5.92. The number of benzene rings is 3. The van der Waals surface area contributed by atoms with Gasteiger partial charge in [-0.25, -0.2) is 14.2 Å². The molecule has 0 bridgehead atoms. The molecule has 0 fully saturated rings. The van der Waals surface area contributed by atoms with E-state index in [0.29, 0.717) is 6.54 Å². The molecule has 0 radical (unpaired) electrons. The Morgan fingerprint density at radius 1 is 1.19 bits per heavy atom. The zero-order chi connectivity index (χ0) is 25.2. The first kappa shape index (κ1) is 23.3. The van der Waals surface area contributed by atoms with Crippen LogP contribution in [0.15, 0.2) is 66.7 Å². The summed E-state index contributed by atoms with van der Waals surface area (Å²) in [6.45, 7) is 2.37. The number of ether oxygens (including phenoxy) is 1. The molecular weight excluding hydrogens is 459 g/mol. The van der Waals surface area contributed by atoms with Crippen LogP contribution in [0.25, 0.3) is 16.6 Å². The third-order valence-electron chi connectivity index (χ3n) is 6.33. The van der Waals surface area contributed by atoms with Crippen LogP contribution in [-0.2, 0) is 20.2 Å². The summed E-state index contributed by atoms with van der Waals surface area (Å²) in [5.41, 5.74) is 5.25. The van der Waals surface area contributed by atoms with E-state index in [1.54, 1.807) is 18.2 Å². The number of carboxylic acid groups (broad SMARTS) is 1. The maximum Gasteiger partial charge on any atom is 0.335 e. The Balaban J connectivity index is 1.24. The lowest BCUT2D eigenvalue weighted by molar-refractivity contribution is 0.0697. The Kier molecular flexibility index (Phi) is 6.23. The Morgan fingerprint density at radius 3 is 2.83 bits per heavy atom. The van der Waals surface area contributed by atoms with Gasteiger partial charge < -0.3 is 14.4 Å². The highest BCUT2D eigenvalue weighted by atomic mass is 19.1. The minimum absolute atomic E-state index is 0.114. The van der Waals surface area contributed by atoms with Crippen molar-refractivity contribution in [2.24, 2.45) is 7.05 Å². The van der Waals surface area contributed by atoms with Crippen molar-refractivity contribution in [2.45, 2.75) is 13.2 Å². The molecule has 0 amide bonds. The number of fused-ring (bicyclic) bond motifs is 1. The molecule has 7 nitrogen and oxygen atoms in total. The van der Waals surface area contributed by atoms with Gasteiger partial charge >= 0.3 is 5.97 Å². The van der Waals surface area contributed by atoms with Gasteiger partial charge in [0.15, 0.2) is 11.6 Å². The van der Waals surface area contributed by atoms with E-state index in [1.165, 1.54) is 23.8 Å². The number of hydrogen-bond donors (Lipinski definition) is 1. The van der Waals surface area contributed by atoms with Crippen LogP contribution in [0.3, 0.4) is 0 Å². The molecule has 5 rings (SSSR count). The first-order valence-electron chi connectivity index (χ1n) is 11.4. The van der Waals surface area contributed by atoms with Crippen LogP contribution in [-0.4, -0.2) is 38.6 Å². The average Bonchev–Trinajstić information content (AvgIpc) is 3.48. The fraction of sp³-hybridized carbons (Fsp3) is 0.179. The van der Waals surface area contributed by atoms with Gasteiger partial charge in [0.1, 0.15) is 12.4 Å². The lowest BCUT2D eigenvalue weighted by atomic mass is 10.0. The Hall–Kier alpha value is -4.48. The fourth-order valence-corrected chi connectivity index (χ4v) is 4.36. The molecule has 180 valence electrons. The number of aromatic carboxylic acids is 1. The van der Waals surface area contributed by atoms with Gasteiger partial charge in [0, 0.05) is 20.1 Å². The first-order chi connectivity index (χ1) is 17.4. The Morgan fingerprint density at radius 2 is 2.06 bits per heavy atom. The number of halogens is 1. The number of imidazole rings is 1.